The monoisotopic (exact) mass is 486 g/mol. The first-order valence-corrected chi connectivity index (χ1v) is 13.4. The van der Waals surface area contributed by atoms with Crippen LogP contribution >= 0.6 is 0 Å². The number of carbonyl (C=O) groups excluding carboxylic acids is 2. The fourth-order valence-electron chi connectivity index (χ4n) is 4.94. The van der Waals surface area contributed by atoms with Gasteiger partial charge in [-0.1, -0.05) is 29.8 Å². The second kappa shape index (κ2) is 9.92. The number of benzene rings is 1. The molecule has 1 aromatic carbocycles. The third-order valence-corrected chi connectivity index (χ3v) is 9.01. The molecule has 2 aromatic rings. The van der Waals surface area contributed by atoms with E-state index in [9.17, 15) is 18.0 Å². The Balaban J connectivity index is 1.42. The fraction of sp³-hybridized carbons (Fsp3) is 0.520. The van der Waals surface area contributed by atoms with Crippen LogP contribution in [0.2, 0.25) is 0 Å². The molecule has 2 saturated heterocycles. The van der Waals surface area contributed by atoms with Crippen molar-refractivity contribution in [3.8, 4) is 0 Å². The quantitative estimate of drug-likeness (QED) is 0.655. The first kappa shape index (κ1) is 24.5. The molecule has 0 radical (unpaired) electrons. The van der Waals surface area contributed by atoms with Crippen molar-refractivity contribution in [1.82, 2.24) is 19.5 Å². The lowest BCUT2D eigenvalue weighted by Gasteiger charge is -2.31. The van der Waals surface area contributed by atoms with Crippen molar-refractivity contribution in [3.63, 3.8) is 0 Å². The van der Waals surface area contributed by atoms with Crippen LogP contribution in [0.25, 0.3) is 0 Å². The molecule has 0 aliphatic carbocycles. The van der Waals surface area contributed by atoms with Gasteiger partial charge in [0.1, 0.15) is 4.90 Å². The predicted octanol–water partition coefficient (Wildman–Crippen LogP) is 2.89. The largest absolute Gasteiger partial charge is 0.361 e. The second-order valence-electron chi connectivity index (χ2n) is 9.46. The number of nitrogens with one attached hydrogen (secondary N) is 2. The molecule has 34 heavy (non-hydrogen) atoms. The summed E-state index contributed by atoms with van der Waals surface area (Å²) in [5, 5.41) is 2.98. The first-order chi connectivity index (χ1) is 16.2. The van der Waals surface area contributed by atoms with Crippen molar-refractivity contribution < 1.29 is 18.0 Å². The van der Waals surface area contributed by atoms with E-state index in [1.807, 2.05) is 31.2 Å². The van der Waals surface area contributed by atoms with E-state index < -0.39 is 10.0 Å². The molecule has 0 unspecified atom stereocenters. The molecule has 2 amide bonds. The Kier molecular flexibility index (Phi) is 7.14. The summed E-state index contributed by atoms with van der Waals surface area (Å²) in [7, 11) is -3.86. The molecule has 2 fully saturated rings. The van der Waals surface area contributed by atoms with Crippen LogP contribution in [0.5, 0.6) is 0 Å². The maximum Gasteiger partial charge on any atom is 0.257 e. The third kappa shape index (κ3) is 4.90. The number of rotatable bonds is 6. The zero-order chi connectivity index (χ0) is 24.5. The number of sulfonamides is 1. The zero-order valence-electron chi connectivity index (χ0n) is 20.2. The van der Waals surface area contributed by atoms with Crippen LogP contribution in [-0.2, 0) is 21.4 Å². The Morgan fingerprint density at radius 1 is 0.971 bits per heavy atom. The van der Waals surface area contributed by atoms with Crippen molar-refractivity contribution in [1.29, 1.82) is 0 Å². The van der Waals surface area contributed by atoms with E-state index in [0.717, 1.165) is 18.4 Å². The van der Waals surface area contributed by atoms with Gasteiger partial charge in [-0.2, -0.15) is 4.31 Å². The van der Waals surface area contributed by atoms with Gasteiger partial charge in [0.05, 0.1) is 5.56 Å². The van der Waals surface area contributed by atoms with Gasteiger partial charge in [0, 0.05) is 50.0 Å². The van der Waals surface area contributed by atoms with Gasteiger partial charge in [0.2, 0.25) is 15.9 Å². The van der Waals surface area contributed by atoms with Gasteiger partial charge in [-0.15, -0.1) is 0 Å². The minimum Gasteiger partial charge on any atom is -0.361 e. The molecule has 0 atom stereocenters. The molecule has 1 aromatic heterocycles. The number of nitrogens with zero attached hydrogens (tertiary/aromatic N) is 2. The third-order valence-electron chi connectivity index (χ3n) is 6.93. The van der Waals surface area contributed by atoms with Crippen LogP contribution in [0.1, 0.15) is 58.6 Å². The maximum absolute atomic E-state index is 13.6. The number of aromatic amines is 1. The summed E-state index contributed by atoms with van der Waals surface area (Å²) in [6.45, 7) is 7.76. The normalized spacial score (nSPS) is 17.8. The SMILES string of the molecule is Cc1ccc(CNC(=O)C2CCN(S(=O)(=O)c3c(C)[nH]c(C)c3C(=O)N3CCCC3)CC2)cc1. The maximum atomic E-state index is 13.6. The highest BCUT2D eigenvalue weighted by molar-refractivity contribution is 7.89. The van der Waals surface area contributed by atoms with Crippen molar-refractivity contribution in [2.75, 3.05) is 26.2 Å². The first-order valence-electron chi connectivity index (χ1n) is 12.0. The smallest absolute Gasteiger partial charge is 0.257 e. The minimum absolute atomic E-state index is 0.0452. The molecule has 4 rings (SSSR count). The van der Waals surface area contributed by atoms with Gasteiger partial charge in [-0.3, -0.25) is 9.59 Å². The van der Waals surface area contributed by atoms with E-state index in [2.05, 4.69) is 10.3 Å². The summed E-state index contributed by atoms with van der Waals surface area (Å²) in [5.74, 6) is -0.490. The molecular weight excluding hydrogens is 452 g/mol. The number of likely N-dealkylation sites (tertiary alicyclic amines) is 1. The van der Waals surface area contributed by atoms with Crippen LogP contribution in [0.15, 0.2) is 29.2 Å². The molecule has 2 N–H and O–H groups in total. The lowest BCUT2D eigenvalue weighted by atomic mass is 9.97. The highest BCUT2D eigenvalue weighted by Crippen LogP contribution is 2.31. The topological polar surface area (TPSA) is 103 Å². The van der Waals surface area contributed by atoms with E-state index in [4.69, 9.17) is 0 Å². The van der Waals surface area contributed by atoms with E-state index >= 15 is 0 Å². The number of hydrogen-bond acceptors (Lipinski definition) is 4. The Morgan fingerprint density at radius 2 is 1.59 bits per heavy atom. The highest BCUT2D eigenvalue weighted by atomic mass is 32.2. The van der Waals surface area contributed by atoms with E-state index in [1.54, 1.807) is 18.7 Å². The highest BCUT2D eigenvalue weighted by Gasteiger charge is 2.38. The van der Waals surface area contributed by atoms with Gasteiger partial charge in [-0.25, -0.2) is 8.42 Å². The number of H-pyrrole nitrogens is 1. The zero-order valence-corrected chi connectivity index (χ0v) is 21.0. The average Bonchev–Trinajstić information content (AvgIpc) is 3.46. The summed E-state index contributed by atoms with van der Waals surface area (Å²) in [5.41, 5.74) is 3.53. The van der Waals surface area contributed by atoms with E-state index in [1.165, 1.54) is 9.87 Å². The minimum atomic E-state index is -3.86. The van der Waals surface area contributed by atoms with Crippen molar-refractivity contribution in [2.24, 2.45) is 5.92 Å². The average molecular weight is 487 g/mol. The van der Waals surface area contributed by atoms with Crippen molar-refractivity contribution in [3.05, 3.63) is 52.3 Å². The van der Waals surface area contributed by atoms with Crippen LogP contribution in [0, 0.1) is 26.7 Å². The van der Waals surface area contributed by atoms with Crippen molar-refractivity contribution >= 4 is 21.8 Å². The molecule has 2 aliphatic rings. The number of carbonyl (C=O) groups is 2. The number of piperidine rings is 1. The van der Waals surface area contributed by atoms with Crippen LogP contribution in [0.3, 0.4) is 0 Å². The van der Waals surface area contributed by atoms with Gasteiger partial charge >= 0.3 is 0 Å². The molecule has 184 valence electrons. The number of aromatic nitrogens is 1. The predicted molar refractivity (Wildman–Crippen MR) is 130 cm³/mol. The number of amides is 2. The lowest BCUT2D eigenvalue weighted by molar-refractivity contribution is -0.126. The summed E-state index contributed by atoms with van der Waals surface area (Å²) in [4.78, 5) is 30.7. The lowest BCUT2D eigenvalue weighted by Crippen LogP contribution is -2.43. The van der Waals surface area contributed by atoms with Gasteiger partial charge in [0.15, 0.2) is 0 Å². The summed E-state index contributed by atoms with van der Waals surface area (Å²) >= 11 is 0. The number of aryl methyl sites for hydroxylation is 3. The van der Waals surface area contributed by atoms with Crippen LogP contribution < -0.4 is 5.32 Å². The van der Waals surface area contributed by atoms with Gasteiger partial charge in [0.25, 0.3) is 5.91 Å². The Bertz CT molecular complexity index is 1160. The molecule has 0 saturated carbocycles. The van der Waals surface area contributed by atoms with Crippen LogP contribution in [0.4, 0.5) is 0 Å². The van der Waals surface area contributed by atoms with Gasteiger partial charge in [-0.05, 0) is 52.0 Å². The van der Waals surface area contributed by atoms with Crippen LogP contribution in [-0.4, -0.2) is 60.6 Å². The molecular formula is C25H34N4O4S. The summed E-state index contributed by atoms with van der Waals surface area (Å²) in [6.07, 6.45) is 2.79. The Hall–Kier alpha value is -2.65. The summed E-state index contributed by atoms with van der Waals surface area (Å²) < 4.78 is 28.6. The number of hydrogen-bond donors (Lipinski definition) is 2. The molecule has 0 spiro atoms. The van der Waals surface area contributed by atoms with E-state index in [-0.39, 0.29) is 41.3 Å². The molecule has 0 bridgehead atoms. The molecule has 8 nitrogen and oxygen atoms in total. The standard InChI is InChI=1S/C25H34N4O4S/c1-17-6-8-20(9-7-17)16-26-24(30)21-10-14-29(15-11-21)34(32,33)23-19(3)27-18(2)22(23)25(31)28-12-4-5-13-28/h6-9,21,27H,4-5,10-16H2,1-3H3,(H,26,30). The van der Waals surface area contributed by atoms with Crippen molar-refractivity contribution in [2.45, 2.75) is 57.9 Å². The fourth-order valence-corrected chi connectivity index (χ4v) is 6.83. The van der Waals surface area contributed by atoms with Gasteiger partial charge < -0.3 is 15.2 Å². The second-order valence-corrected chi connectivity index (χ2v) is 11.3. The Labute approximate surface area is 201 Å². The molecule has 2 aliphatic heterocycles. The van der Waals surface area contributed by atoms with E-state index in [0.29, 0.717) is 43.9 Å². The Morgan fingerprint density at radius 3 is 2.21 bits per heavy atom. The molecule has 3 heterocycles. The molecule has 9 heteroatoms. The summed E-state index contributed by atoms with van der Waals surface area (Å²) in [6, 6.07) is 8.01.